The molecule has 4 rings (SSSR count). The molecular formula is C18H20ClNO3. The topological polar surface area (TPSA) is 55.4 Å². The van der Waals surface area contributed by atoms with Crippen LogP contribution in [0.3, 0.4) is 0 Å². The van der Waals surface area contributed by atoms with Gasteiger partial charge in [0.2, 0.25) is 5.91 Å². The zero-order chi connectivity index (χ0) is 16.1. The van der Waals surface area contributed by atoms with Crippen LogP contribution in [0.1, 0.15) is 50.5 Å². The molecule has 1 saturated heterocycles. The zero-order valence-corrected chi connectivity index (χ0v) is 13.7. The summed E-state index contributed by atoms with van der Waals surface area (Å²) in [5, 5.41) is 3.86. The number of nitrogens with one attached hydrogen (secondary N) is 1. The molecule has 1 aromatic rings. The van der Waals surface area contributed by atoms with Crippen LogP contribution in [0.15, 0.2) is 24.3 Å². The summed E-state index contributed by atoms with van der Waals surface area (Å²) < 4.78 is 5.58. The smallest absolute Gasteiger partial charge is 0.307 e. The average molecular weight is 334 g/mol. The Labute approximate surface area is 140 Å². The van der Waals surface area contributed by atoms with E-state index in [-0.39, 0.29) is 29.8 Å². The fourth-order valence-corrected chi connectivity index (χ4v) is 4.52. The Morgan fingerprint density at radius 3 is 2.52 bits per heavy atom. The summed E-state index contributed by atoms with van der Waals surface area (Å²) in [6, 6.07) is 7.65. The van der Waals surface area contributed by atoms with Gasteiger partial charge in [0.05, 0.1) is 17.9 Å². The molecule has 0 aromatic heterocycles. The highest BCUT2D eigenvalue weighted by Gasteiger charge is 2.56. The third kappa shape index (κ3) is 2.44. The molecule has 1 aromatic carbocycles. The molecule has 23 heavy (non-hydrogen) atoms. The minimum atomic E-state index is -0.558. The van der Waals surface area contributed by atoms with Crippen LogP contribution >= 0.6 is 11.6 Å². The van der Waals surface area contributed by atoms with Gasteiger partial charge < -0.3 is 10.1 Å². The standard InChI is InChI=1S/C18H20ClNO3/c19-14-6-2-1-5-12(14)17(9-10-17)20-16(22)13-11-15(21)23-18(13)7-3-4-8-18/h1-2,5-6,13H,3-4,7-11H2,(H,20,22). The van der Waals surface area contributed by atoms with Gasteiger partial charge in [0.15, 0.2) is 0 Å². The molecule has 0 bridgehead atoms. The van der Waals surface area contributed by atoms with Gasteiger partial charge in [0, 0.05) is 5.02 Å². The first kappa shape index (κ1) is 15.0. The zero-order valence-electron chi connectivity index (χ0n) is 12.9. The maximum absolute atomic E-state index is 12.9. The van der Waals surface area contributed by atoms with E-state index in [0.29, 0.717) is 5.02 Å². The lowest BCUT2D eigenvalue weighted by Gasteiger charge is -2.30. The number of esters is 1. The number of rotatable bonds is 3. The first-order valence-corrected chi connectivity index (χ1v) is 8.71. The number of hydrogen-bond donors (Lipinski definition) is 1. The summed E-state index contributed by atoms with van der Waals surface area (Å²) in [7, 11) is 0. The lowest BCUT2D eigenvalue weighted by molar-refractivity contribution is -0.150. The molecule has 1 heterocycles. The van der Waals surface area contributed by atoms with Crippen LogP contribution in [0, 0.1) is 5.92 Å². The summed E-state index contributed by atoms with van der Waals surface area (Å²) >= 11 is 6.31. The van der Waals surface area contributed by atoms with Crippen molar-refractivity contribution in [2.45, 2.75) is 56.1 Å². The first-order chi connectivity index (χ1) is 11.0. The molecule has 1 aliphatic heterocycles. The number of carbonyl (C=O) groups is 2. The molecule has 1 spiro atoms. The normalized spacial score (nSPS) is 27.0. The van der Waals surface area contributed by atoms with Crippen molar-refractivity contribution in [1.82, 2.24) is 5.32 Å². The number of amides is 1. The Morgan fingerprint density at radius 2 is 1.87 bits per heavy atom. The molecule has 1 N–H and O–H groups in total. The van der Waals surface area contributed by atoms with Crippen molar-refractivity contribution < 1.29 is 14.3 Å². The molecule has 2 aliphatic carbocycles. The van der Waals surface area contributed by atoms with Crippen molar-refractivity contribution in [1.29, 1.82) is 0 Å². The number of hydrogen-bond acceptors (Lipinski definition) is 3. The molecule has 3 aliphatic rings. The van der Waals surface area contributed by atoms with Crippen molar-refractivity contribution in [2.24, 2.45) is 5.92 Å². The van der Waals surface area contributed by atoms with E-state index >= 15 is 0 Å². The van der Waals surface area contributed by atoms with E-state index in [4.69, 9.17) is 16.3 Å². The highest BCUT2D eigenvalue weighted by atomic mass is 35.5. The highest BCUT2D eigenvalue weighted by Crippen LogP contribution is 2.50. The molecular weight excluding hydrogens is 314 g/mol. The summed E-state index contributed by atoms with van der Waals surface area (Å²) in [6.45, 7) is 0. The van der Waals surface area contributed by atoms with Gasteiger partial charge in [-0.3, -0.25) is 9.59 Å². The predicted molar refractivity (Wildman–Crippen MR) is 85.9 cm³/mol. The highest BCUT2D eigenvalue weighted by molar-refractivity contribution is 6.31. The Kier molecular flexibility index (Phi) is 3.41. The van der Waals surface area contributed by atoms with Crippen molar-refractivity contribution in [3.63, 3.8) is 0 Å². The van der Waals surface area contributed by atoms with Crippen LogP contribution < -0.4 is 5.32 Å². The van der Waals surface area contributed by atoms with Gasteiger partial charge in [0.1, 0.15) is 5.60 Å². The van der Waals surface area contributed by atoms with Gasteiger partial charge in [-0.2, -0.15) is 0 Å². The minimum Gasteiger partial charge on any atom is -0.458 e. The number of ether oxygens (including phenoxy) is 1. The Hall–Kier alpha value is -1.55. The molecule has 3 fully saturated rings. The summed E-state index contributed by atoms with van der Waals surface area (Å²) in [6.07, 6.45) is 5.61. The third-order valence-corrected chi connectivity index (χ3v) is 5.92. The molecule has 1 amide bonds. The fourth-order valence-electron chi connectivity index (χ4n) is 4.21. The monoisotopic (exact) mass is 333 g/mol. The van der Waals surface area contributed by atoms with E-state index in [0.717, 1.165) is 44.1 Å². The van der Waals surface area contributed by atoms with Gasteiger partial charge in [-0.25, -0.2) is 0 Å². The predicted octanol–water partition coefficient (Wildman–Crippen LogP) is 3.32. The quantitative estimate of drug-likeness (QED) is 0.863. The summed E-state index contributed by atoms with van der Waals surface area (Å²) in [4.78, 5) is 24.7. The molecule has 0 radical (unpaired) electrons. The van der Waals surface area contributed by atoms with Gasteiger partial charge in [-0.15, -0.1) is 0 Å². The van der Waals surface area contributed by atoms with Crippen molar-refractivity contribution in [3.8, 4) is 0 Å². The van der Waals surface area contributed by atoms with E-state index in [1.165, 1.54) is 0 Å². The lowest BCUT2D eigenvalue weighted by atomic mass is 9.84. The van der Waals surface area contributed by atoms with E-state index in [1.807, 2.05) is 24.3 Å². The number of carbonyl (C=O) groups excluding carboxylic acids is 2. The van der Waals surface area contributed by atoms with Crippen molar-refractivity contribution in [3.05, 3.63) is 34.9 Å². The maximum atomic E-state index is 12.9. The van der Waals surface area contributed by atoms with Gasteiger partial charge in [-0.05, 0) is 50.2 Å². The lowest BCUT2D eigenvalue weighted by Crippen LogP contribution is -2.46. The second-order valence-corrected chi connectivity index (χ2v) is 7.46. The fraction of sp³-hybridized carbons (Fsp3) is 0.556. The van der Waals surface area contributed by atoms with Crippen LogP contribution in [-0.4, -0.2) is 17.5 Å². The Morgan fingerprint density at radius 1 is 1.17 bits per heavy atom. The van der Waals surface area contributed by atoms with E-state index < -0.39 is 5.60 Å². The van der Waals surface area contributed by atoms with Crippen LogP contribution in [0.2, 0.25) is 5.02 Å². The van der Waals surface area contributed by atoms with Crippen LogP contribution in [-0.2, 0) is 19.9 Å². The molecule has 5 heteroatoms. The SMILES string of the molecule is O=C1CC(C(=O)NC2(c3ccccc3Cl)CC2)C2(CCCC2)O1. The second-order valence-electron chi connectivity index (χ2n) is 7.05. The van der Waals surface area contributed by atoms with Crippen LogP contribution in [0.25, 0.3) is 0 Å². The molecule has 1 atom stereocenters. The molecule has 4 nitrogen and oxygen atoms in total. The van der Waals surface area contributed by atoms with Gasteiger partial charge >= 0.3 is 5.97 Å². The van der Waals surface area contributed by atoms with Gasteiger partial charge in [0.25, 0.3) is 0 Å². The number of benzene rings is 1. The first-order valence-electron chi connectivity index (χ1n) is 8.34. The third-order valence-electron chi connectivity index (χ3n) is 5.59. The molecule has 122 valence electrons. The van der Waals surface area contributed by atoms with Crippen LogP contribution in [0.5, 0.6) is 0 Å². The maximum Gasteiger partial charge on any atom is 0.307 e. The Balaban J connectivity index is 1.56. The largest absolute Gasteiger partial charge is 0.458 e. The van der Waals surface area contributed by atoms with Crippen LogP contribution in [0.4, 0.5) is 0 Å². The molecule has 1 unspecified atom stereocenters. The van der Waals surface area contributed by atoms with E-state index in [2.05, 4.69) is 5.32 Å². The summed E-state index contributed by atoms with van der Waals surface area (Å²) in [5.74, 6) is -0.665. The van der Waals surface area contributed by atoms with E-state index in [1.54, 1.807) is 0 Å². The van der Waals surface area contributed by atoms with Gasteiger partial charge in [-0.1, -0.05) is 29.8 Å². The minimum absolute atomic E-state index is 0.0600. The average Bonchev–Trinajstić information content (AvgIpc) is 3.01. The van der Waals surface area contributed by atoms with Crippen molar-refractivity contribution in [2.75, 3.05) is 0 Å². The summed E-state index contributed by atoms with van der Waals surface area (Å²) in [5.41, 5.74) is 0.0548. The van der Waals surface area contributed by atoms with Crippen molar-refractivity contribution >= 4 is 23.5 Å². The number of halogens is 1. The second kappa shape index (κ2) is 5.23. The molecule has 2 saturated carbocycles. The van der Waals surface area contributed by atoms with E-state index in [9.17, 15) is 9.59 Å². The Bertz CT molecular complexity index is 662.